The first-order valence-corrected chi connectivity index (χ1v) is 19.9. The summed E-state index contributed by atoms with van der Waals surface area (Å²) in [4.78, 5) is 21.5. The van der Waals surface area contributed by atoms with E-state index in [1.165, 1.54) is 24.3 Å². The molecule has 0 aliphatic rings. The van der Waals surface area contributed by atoms with Crippen molar-refractivity contribution in [1.29, 1.82) is 0 Å². The number of carboxylic acid groups (broad SMARTS) is 2. The summed E-state index contributed by atoms with van der Waals surface area (Å²) < 4.78 is 31.3. The van der Waals surface area contributed by atoms with Gasteiger partial charge in [0, 0.05) is 69.2 Å². The summed E-state index contributed by atoms with van der Waals surface area (Å²) in [6.45, 7) is 8.24. The molecule has 6 rings (SSSR count). The van der Waals surface area contributed by atoms with Crippen molar-refractivity contribution in [1.82, 2.24) is 9.13 Å². The first-order chi connectivity index (χ1) is 28.5. The SMILES string of the molecule is CC(C)n1c(/C=C/[C@@H](O)C[C@@H](O)CC(=O)O)c(-c2ccc(F)cc2)c2ccccc21.CC(C)n1c(/C=C/[C@@H](O)C[C@@H](O)CC(=O)O)c(-c2ccc(F)cc2)c2ccccc21.[H-].[H-].[Na+].[Na+]. The van der Waals surface area contributed by atoms with Crippen molar-refractivity contribution >= 4 is 45.9 Å². The molecular formula is C48H54F2N2Na2O8. The molecule has 0 saturated heterocycles. The second kappa shape index (κ2) is 24.2. The maximum Gasteiger partial charge on any atom is 1.00 e. The Kier molecular flexibility index (Phi) is 20.5. The molecule has 0 aliphatic carbocycles. The Morgan fingerprint density at radius 3 is 1.19 bits per heavy atom. The summed E-state index contributed by atoms with van der Waals surface area (Å²) in [5.41, 5.74) is 7.30. The number of fused-ring (bicyclic) bond motifs is 2. The number of para-hydroxylation sites is 2. The number of halogens is 2. The number of aliphatic hydroxyl groups is 4. The molecule has 0 saturated carbocycles. The third kappa shape index (κ3) is 13.5. The number of carbonyl (C=O) groups is 2. The van der Waals surface area contributed by atoms with E-state index in [-0.39, 0.29) is 98.5 Å². The van der Waals surface area contributed by atoms with Gasteiger partial charge in [0.2, 0.25) is 0 Å². The molecule has 2 heterocycles. The average molecular weight is 871 g/mol. The minimum Gasteiger partial charge on any atom is -1.00 e. The summed E-state index contributed by atoms with van der Waals surface area (Å²) in [5.74, 6) is -2.85. The van der Waals surface area contributed by atoms with Gasteiger partial charge in [0.1, 0.15) is 11.6 Å². The first-order valence-electron chi connectivity index (χ1n) is 19.9. The molecule has 2 aromatic heterocycles. The molecule has 0 fully saturated rings. The van der Waals surface area contributed by atoms with Crippen LogP contribution in [0.15, 0.2) is 109 Å². The second-order valence-corrected chi connectivity index (χ2v) is 15.3. The number of hydrogen-bond acceptors (Lipinski definition) is 6. The molecule has 0 bridgehead atoms. The van der Waals surface area contributed by atoms with Gasteiger partial charge in [0.15, 0.2) is 0 Å². The van der Waals surface area contributed by atoms with E-state index < -0.39 is 49.2 Å². The molecule has 0 radical (unpaired) electrons. The number of carboxylic acids is 2. The molecule has 4 aromatic carbocycles. The van der Waals surface area contributed by atoms with Gasteiger partial charge in [0.05, 0.1) is 37.3 Å². The maximum absolute atomic E-state index is 13.5. The predicted octanol–water partition coefficient (Wildman–Crippen LogP) is 3.49. The zero-order valence-electron chi connectivity index (χ0n) is 38.0. The third-order valence-electron chi connectivity index (χ3n) is 10.00. The first kappa shape index (κ1) is 52.4. The van der Waals surface area contributed by atoms with Gasteiger partial charge in [-0.25, -0.2) is 8.78 Å². The normalized spacial score (nSPS) is 13.5. The molecule has 4 atom stereocenters. The summed E-state index contributed by atoms with van der Waals surface area (Å²) >= 11 is 0. The van der Waals surface area contributed by atoms with Crippen molar-refractivity contribution < 1.29 is 111 Å². The van der Waals surface area contributed by atoms with Crippen LogP contribution in [0.1, 0.15) is 79.7 Å². The zero-order chi connectivity index (χ0) is 43.7. The van der Waals surface area contributed by atoms with Gasteiger partial charge in [-0.15, -0.1) is 0 Å². The standard InChI is InChI=1S/2C24H26FNO4.2Na.2H/c2*1-15(2)26-21-6-4-3-5-20(21)24(16-7-9-17(25)10-8-16)22(26)12-11-18(27)13-19(28)14-23(29)30;;;;/h2*3-12,15,18-19,27-28H,13-14H2,1-2H3,(H,29,30);;;;/q;;2*+1;2*-1/b2*12-11+;;;;/t2*18-,19-;;;;/m11..../s1. The molecule has 0 unspecified atom stereocenters. The molecule has 0 aliphatic heterocycles. The van der Waals surface area contributed by atoms with Gasteiger partial charge < -0.3 is 42.6 Å². The molecule has 0 amide bonds. The molecule has 62 heavy (non-hydrogen) atoms. The van der Waals surface area contributed by atoms with Crippen molar-refractivity contribution in [2.75, 3.05) is 0 Å². The minimum atomic E-state index is -1.13. The van der Waals surface area contributed by atoms with Crippen LogP contribution in [0.25, 0.3) is 56.2 Å². The van der Waals surface area contributed by atoms with E-state index in [1.54, 1.807) is 48.6 Å². The summed E-state index contributed by atoms with van der Waals surface area (Å²) in [5, 5.41) is 59.7. The Balaban J connectivity index is 0.000000602. The number of rotatable bonds is 16. The summed E-state index contributed by atoms with van der Waals surface area (Å²) in [6, 6.07) is 28.7. The Hall–Kier alpha value is -3.92. The van der Waals surface area contributed by atoms with Gasteiger partial charge in [-0.05, 0) is 87.4 Å². The quantitative estimate of drug-likeness (QED) is 0.0806. The maximum atomic E-state index is 13.5. The average Bonchev–Trinajstić information content (AvgIpc) is 3.69. The van der Waals surface area contributed by atoms with Crippen molar-refractivity contribution in [2.45, 2.75) is 89.9 Å². The zero-order valence-corrected chi connectivity index (χ0v) is 40.0. The van der Waals surface area contributed by atoms with Crippen molar-refractivity contribution in [3.05, 3.63) is 132 Å². The molecule has 6 N–H and O–H groups in total. The summed E-state index contributed by atoms with van der Waals surface area (Å²) in [6.07, 6.45) is 1.45. The molecule has 320 valence electrons. The molecular weight excluding hydrogens is 817 g/mol. The van der Waals surface area contributed by atoms with Crippen LogP contribution in [0.4, 0.5) is 8.78 Å². The van der Waals surface area contributed by atoms with Crippen LogP contribution in [-0.4, -0.2) is 76.1 Å². The monoisotopic (exact) mass is 870 g/mol. The third-order valence-corrected chi connectivity index (χ3v) is 10.00. The summed E-state index contributed by atoms with van der Waals surface area (Å²) in [7, 11) is 0. The smallest absolute Gasteiger partial charge is 1.00 e. The van der Waals surface area contributed by atoms with Gasteiger partial charge in [-0.3, -0.25) is 9.59 Å². The van der Waals surface area contributed by atoms with Crippen LogP contribution in [0, 0.1) is 11.6 Å². The number of nitrogens with zero attached hydrogens (tertiary/aromatic N) is 2. The topological polar surface area (TPSA) is 165 Å². The van der Waals surface area contributed by atoms with E-state index in [1.807, 2.05) is 48.5 Å². The molecule has 14 heteroatoms. The predicted molar refractivity (Wildman–Crippen MR) is 233 cm³/mol. The fourth-order valence-corrected chi connectivity index (χ4v) is 7.54. The van der Waals surface area contributed by atoms with Crippen LogP contribution in [0.3, 0.4) is 0 Å². The van der Waals surface area contributed by atoms with Gasteiger partial charge >= 0.3 is 71.1 Å². The van der Waals surface area contributed by atoms with E-state index >= 15 is 0 Å². The minimum absolute atomic E-state index is 0. The number of benzene rings is 4. The number of aliphatic carboxylic acids is 2. The van der Waals surface area contributed by atoms with Crippen molar-refractivity contribution in [3.8, 4) is 22.3 Å². The van der Waals surface area contributed by atoms with Gasteiger partial charge in [-0.2, -0.15) is 0 Å². The number of aromatic nitrogens is 2. The van der Waals surface area contributed by atoms with E-state index in [9.17, 15) is 38.8 Å². The molecule has 0 spiro atoms. The van der Waals surface area contributed by atoms with Gasteiger partial charge in [-0.1, -0.05) is 72.8 Å². The Labute approximate surface area is 407 Å². The largest absolute Gasteiger partial charge is 1.00 e. The second-order valence-electron chi connectivity index (χ2n) is 15.3. The Morgan fingerprint density at radius 1 is 0.565 bits per heavy atom. The molecule has 10 nitrogen and oxygen atoms in total. The van der Waals surface area contributed by atoms with Crippen LogP contribution < -0.4 is 59.1 Å². The Bertz CT molecular complexity index is 2300. The van der Waals surface area contributed by atoms with Crippen LogP contribution in [0.2, 0.25) is 0 Å². The fraction of sp³-hybridized carbons (Fsp3) is 0.292. The van der Waals surface area contributed by atoms with Crippen molar-refractivity contribution in [2.24, 2.45) is 0 Å². The van der Waals surface area contributed by atoms with Gasteiger partial charge in [0.25, 0.3) is 0 Å². The van der Waals surface area contributed by atoms with Crippen LogP contribution in [-0.2, 0) is 9.59 Å². The van der Waals surface area contributed by atoms with Crippen molar-refractivity contribution in [3.63, 3.8) is 0 Å². The fourth-order valence-electron chi connectivity index (χ4n) is 7.54. The van der Waals surface area contributed by atoms with E-state index in [0.717, 1.165) is 55.4 Å². The van der Waals surface area contributed by atoms with Crippen LogP contribution >= 0.6 is 0 Å². The van der Waals surface area contributed by atoms with E-state index in [2.05, 4.69) is 36.8 Å². The van der Waals surface area contributed by atoms with E-state index in [0.29, 0.717) is 0 Å². The molecule has 6 aromatic rings. The van der Waals surface area contributed by atoms with E-state index in [4.69, 9.17) is 10.2 Å². The number of aliphatic hydroxyl groups excluding tert-OH is 4. The Morgan fingerprint density at radius 2 is 0.887 bits per heavy atom. The van der Waals surface area contributed by atoms with Crippen LogP contribution in [0.5, 0.6) is 0 Å². The number of hydrogen-bond donors (Lipinski definition) is 6.